The molecule has 1 amide bonds. The van der Waals surface area contributed by atoms with Crippen LogP contribution in [0.5, 0.6) is 11.5 Å². The number of pyridine rings is 1. The third-order valence-electron chi connectivity index (χ3n) is 4.25. The number of nitrogens with zero attached hydrogens (tertiary/aromatic N) is 1. The molecule has 2 aliphatic rings. The van der Waals surface area contributed by atoms with Crippen LogP contribution in [-0.4, -0.2) is 42.4 Å². The Hall–Kier alpha value is -2.44. The van der Waals surface area contributed by atoms with E-state index >= 15 is 0 Å². The number of benzene rings is 1. The number of hydrogen-bond acceptors (Lipinski definition) is 5. The number of aromatic nitrogens is 1. The highest BCUT2D eigenvalue weighted by atomic mass is 16.6. The lowest BCUT2D eigenvalue weighted by Gasteiger charge is -2.17. The highest BCUT2D eigenvalue weighted by Gasteiger charge is 2.42. The minimum atomic E-state index is -0.156. The Kier molecular flexibility index (Phi) is 4.15. The van der Waals surface area contributed by atoms with Gasteiger partial charge in [-0.15, -0.1) is 0 Å². The van der Waals surface area contributed by atoms with Crippen LogP contribution in [0, 0.1) is 0 Å². The van der Waals surface area contributed by atoms with Crippen molar-refractivity contribution in [1.29, 1.82) is 0 Å². The lowest BCUT2D eigenvalue weighted by atomic mass is 10.1. The summed E-state index contributed by atoms with van der Waals surface area (Å²) in [5.41, 5.74) is 0.540. The molecule has 124 valence electrons. The van der Waals surface area contributed by atoms with Crippen molar-refractivity contribution < 1.29 is 19.0 Å². The molecule has 3 heterocycles. The molecule has 0 spiro atoms. The van der Waals surface area contributed by atoms with Gasteiger partial charge in [0.25, 0.3) is 5.91 Å². The van der Waals surface area contributed by atoms with Gasteiger partial charge in [-0.2, -0.15) is 0 Å². The van der Waals surface area contributed by atoms with Crippen LogP contribution in [-0.2, 0) is 9.47 Å². The molecule has 2 aliphatic heterocycles. The van der Waals surface area contributed by atoms with E-state index in [0.717, 1.165) is 6.42 Å². The molecule has 0 unspecified atom stereocenters. The Morgan fingerprint density at radius 1 is 1.21 bits per heavy atom. The van der Waals surface area contributed by atoms with E-state index in [0.29, 0.717) is 30.3 Å². The smallest absolute Gasteiger partial charge is 0.251 e. The number of hydrogen-bond donors (Lipinski definition) is 1. The molecule has 24 heavy (non-hydrogen) atoms. The molecule has 0 bridgehead atoms. The summed E-state index contributed by atoms with van der Waals surface area (Å²) in [6.07, 6.45) is 4.27. The summed E-state index contributed by atoms with van der Waals surface area (Å²) in [4.78, 5) is 16.5. The number of carbonyl (C=O) groups is 1. The van der Waals surface area contributed by atoms with Crippen molar-refractivity contribution in [3.63, 3.8) is 0 Å². The Bertz CT molecular complexity index is 722. The lowest BCUT2D eigenvalue weighted by Crippen LogP contribution is -2.43. The second-order valence-corrected chi connectivity index (χ2v) is 5.89. The second kappa shape index (κ2) is 6.59. The van der Waals surface area contributed by atoms with Crippen molar-refractivity contribution in [3.8, 4) is 11.5 Å². The summed E-state index contributed by atoms with van der Waals surface area (Å²) in [5.74, 6) is 1.06. The van der Waals surface area contributed by atoms with E-state index in [1.807, 2.05) is 6.07 Å². The van der Waals surface area contributed by atoms with E-state index in [-0.39, 0.29) is 24.2 Å². The van der Waals surface area contributed by atoms with Gasteiger partial charge in [0.05, 0.1) is 24.9 Å². The van der Waals surface area contributed by atoms with Crippen LogP contribution in [0.2, 0.25) is 0 Å². The second-order valence-electron chi connectivity index (χ2n) is 5.89. The van der Waals surface area contributed by atoms with Crippen molar-refractivity contribution in [2.75, 3.05) is 13.2 Å². The Morgan fingerprint density at radius 3 is 3.00 bits per heavy atom. The normalized spacial score (nSPS) is 25.2. The fourth-order valence-corrected chi connectivity index (χ4v) is 3.09. The monoisotopic (exact) mass is 326 g/mol. The van der Waals surface area contributed by atoms with Crippen LogP contribution in [0.1, 0.15) is 16.8 Å². The number of nitrogens with one attached hydrogen (secondary N) is 1. The number of fused-ring (bicyclic) bond motifs is 1. The largest absolute Gasteiger partial charge is 0.456 e. The van der Waals surface area contributed by atoms with Gasteiger partial charge in [-0.3, -0.25) is 9.78 Å². The molecule has 6 heteroatoms. The van der Waals surface area contributed by atoms with Crippen LogP contribution < -0.4 is 10.1 Å². The maximum absolute atomic E-state index is 12.5. The highest BCUT2D eigenvalue weighted by molar-refractivity contribution is 5.94. The van der Waals surface area contributed by atoms with Gasteiger partial charge in [-0.25, -0.2) is 0 Å². The number of amides is 1. The molecular formula is C18H18N2O4. The van der Waals surface area contributed by atoms with Gasteiger partial charge >= 0.3 is 0 Å². The fraction of sp³-hybridized carbons (Fsp3) is 0.333. The van der Waals surface area contributed by atoms with Crippen molar-refractivity contribution >= 4 is 5.91 Å². The van der Waals surface area contributed by atoms with Crippen molar-refractivity contribution in [2.45, 2.75) is 24.7 Å². The predicted molar refractivity (Wildman–Crippen MR) is 86.1 cm³/mol. The minimum Gasteiger partial charge on any atom is -0.456 e. The molecule has 2 aromatic rings. The van der Waals surface area contributed by atoms with Crippen molar-refractivity contribution in [1.82, 2.24) is 10.3 Å². The third kappa shape index (κ3) is 3.11. The number of ether oxygens (including phenoxy) is 3. The van der Waals surface area contributed by atoms with Crippen LogP contribution >= 0.6 is 0 Å². The molecule has 1 N–H and O–H groups in total. The van der Waals surface area contributed by atoms with Crippen molar-refractivity contribution in [3.05, 3.63) is 54.4 Å². The van der Waals surface area contributed by atoms with Gasteiger partial charge < -0.3 is 19.5 Å². The van der Waals surface area contributed by atoms with Gasteiger partial charge in [0.2, 0.25) is 0 Å². The summed E-state index contributed by atoms with van der Waals surface area (Å²) in [7, 11) is 0. The Morgan fingerprint density at radius 2 is 2.12 bits per heavy atom. The van der Waals surface area contributed by atoms with E-state index < -0.39 is 0 Å². The zero-order chi connectivity index (χ0) is 16.4. The summed E-state index contributed by atoms with van der Waals surface area (Å²) in [6, 6.07) is 10.6. The lowest BCUT2D eigenvalue weighted by molar-refractivity contribution is 0.0656. The number of carbonyl (C=O) groups excluding carboxylic acids is 1. The minimum absolute atomic E-state index is 0.0382. The molecule has 4 rings (SSSR count). The zero-order valence-electron chi connectivity index (χ0n) is 13.1. The Balaban J connectivity index is 1.44. The molecule has 3 atom stereocenters. The van der Waals surface area contributed by atoms with Gasteiger partial charge in [0.1, 0.15) is 17.6 Å². The molecule has 0 aliphatic carbocycles. The standard InChI is InChI=1S/C18H18N2O4/c21-18(20-15-11-23-16-6-8-22-17(15)16)12-3-1-4-13(9-12)24-14-5-2-7-19-10-14/h1-5,7,9-10,15-17H,6,8,11H2,(H,20,21)/t15-,16+,17+/m0/s1. The molecule has 1 aromatic carbocycles. The van der Waals surface area contributed by atoms with Crippen LogP contribution in [0.15, 0.2) is 48.8 Å². The van der Waals surface area contributed by atoms with E-state index in [1.54, 1.807) is 42.7 Å². The molecular weight excluding hydrogens is 308 g/mol. The molecule has 0 radical (unpaired) electrons. The highest BCUT2D eigenvalue weighted by Crippen LogP contribution is 2.27. The topological polar surface area (TPSA) is 69.7 Å². The van der Waals surface area contributed by atoms with Gasteiger partial charge in [0, 0.05) is 18.4 Å². The molecule has 2 fully saturated rings. The van der Waals surface area contributed by atoms with Crippen LogP contribution in [0.4, 0.5) is 0 Å². The first-order valence-corrected chi connectivity index (χ1v) is 8.01. The maximum Gasteiger partial charge on any atom is 0.251 e. The van der Waals surface area contributed by atoms with E-state index in [2.05, 4.69) is 10.3 Å². The van der Waals surface area contributed by atoms with E-state index in [4.69, 9.17) is 14.2 Å². The number of rotatable bonds is 4. The zero-order valence-corrected chi connectivity index (χ0v) is 13.1. The summed E-state index contributed by atoms with van der Waals surface area (Å²) in [5, 5.41) is 3.00. The third-order valence-corrected chi connectivity index (χ3v) is 4.25. The molecule has 6 nitrogen and oxygen atoms in total. The average Bonchev–Trinajstić information content (AvgIpc) is 3.21. The van der Waals surface area contributed by atoms with Gasteiger partial charge in [-0.1, -0.05) is 6.07 Å². The quantitative estimate of drug-likeness (QED) is 0.932. The van der Waals surface area contributed by atoms with E-state index in [1.165, 1.54) is 0 Å². The first kappa shape index (κ1) is 15.1. The summed E-state index contributed by atoms with van der Waals surface area (Å²) in [6.45, 7) is 1.18. The summed E-state index contributed by atoms with van der Waals surface area (Å²) < 4.78 is 17.0. The maximum atomic E-state index is 12.5. The average molecular weight is 326 g/mol. The molecule has 2 saturated heterocycles. The predicted octanol–water partition coefficient (Wildman–Crippen LogP) is 2.16. The van der Waals surface area contributed by atoms with Crippen LogP contribution in [0.25, 0.3) is 0 Å². The molecule has 0 saturated carbocycles. The summed E-state index contributed by atoms with van der Waals surface area (Å²) >= 11 is 0. The van der Waals surface area contributed by atoms with E-state index in [9.17, 15) is 4.79 Å². The SMILES string of the molecule is O=C(N[C@H]1CO[C@@H]2CCO[C@H]12)c1cccc(Oc2cccnc2)c1. The van der Waals surface area contributed by atoms with Crippen LogP contribution in [0.3, 0.4) is 0 Å². The van der Waals surface area contributed by atoms with Gasteiger partial charge in [-0.05, 0) is 36.8 Å². The Labute approximate surface area is 139 Å². The molecule has 1 aromatic heterocycles. The van der Waals surface area contributed by atoms with Crippen molar-refractivity contribution in [2.24, 2.45) is 0 Å². The van der Waals surface area contributed by atoms with Gasteiger partial charge in [0.15, 0.2) is 0 Å². The first-order chi connectivity index (χ1) is 11.8. The fourth-order valence-electron chi connectivity index (χ4n) is 3.09. The first-order valence-electron chi connectivity index (χ1n) is 8.01.